The molecular formula is C18H14ClNO4. The molecular weight excluding hydrogens is 330 g/mol. The molecule has 6 heteroatoms. The normalized spacial score (nSPS) is 10.4. The van der Waals surface area contributed by atoms with Crippen LogP contribution in [0, 0.1) is 0 Å². The van der Waals surface area contributed by atoms with Crippen LogP contribution in [0.15, 0.2) is 59.1 Å². The number of aromatic nitrogens is 1. The molecule has 0 radical (unpaired) electrons. The van der Waals surface area contributed by atoms with Crippen molar-refractivity contribution in [3.63, 3.8) is 0 Å². The van der Waals surface area contributed by atoms with E-state index in [1.807, 2.05) is 36.4 Å². The number of nitrogens with zero attached hydrogens (tertiary/aromatic N) is 1. The van der Waals surface area contributed by atoms with Crippen LogP contribution in [0.1, 0.15) is 16.1 Å². The number of rotatable bonds is 5. The second-order valence-corrected chi connectivity index (χ2v) is 5.38. The van der Waals surface area contributed by atoms with Crippen LogP contribution < -0.4 is 4.74 Å². The van der Waals surface area contributed by atoms with Gasteiger partial charge < -0.3 is 14.0 Å². The lowest BCUT2D eigenvalue weighted by molar-refractivity contribution is 0.0600. The largest absolute Gasteiger partial charge is 0.484 e. The van der Waals surface area contributed by atoms with Gasteiger partial charge in [-0.3, -0.25) is 0 Å². The summed E-state index contributed by atoms with van der Waals surface area (Å²) in [6, 6.07) is 16.2. The van der Waals surface area contributed by atoms with Gasteiger partial charge in [0.15, 0.2) is 5.76 Å². The Kier molecular flexibility index (Phi) is 4.82. The fourth-order valence-corrected chi connectivity index (χ4v) is 2.37. The quantitative estimate of drug-likeness (QED) is 0.644. The first-order valence-corrected chi connectivity index (χ1v) is 7.57. The monoisotopic (exact) mass is 343 g/mol. The Bertz CT molecular complexity index is 845. The van der Waals surface area contributed by atoms with Crippen molar-refractivity contribution in [2.24, 2.45) is 0 Å². The summed E-state index contributed by atoms with van der Waals surface area (Å²) >= 11 is 6.12. The van der Waals surface area contributed by atoms with Crippen molar-refractivity contribution in [2.45, 2.75) is 6.61 Å². The highest BCUT2D eigenvalue weighted by Crippen LogP contribution is 2.27. The maximum Gasteiger partial charge on any atom is 0.337 e. The Hall–Kier alpha value is -2.79. The van der Waals surface area contributed by atoms with Crippen molar-refractivity contribution >= 4 is 17.6 Å². The van der Waals surface area contributed by atoms with Crippen molar-refractivity contribution < 1.29 is 18.8 Å². The molecule has 3 aromatic rings. The zero-order valence-corrected chi connectivity index (χ0v) is 13.6. The molecule has 24 heavy (non-hydrogen) atoms. The minimum absolute atomic E-state index is 0.178. The standard InChI is InChI=1S/C18H14ClNO4/c1-22-18(21)13-7-8-17(15(19)9-13)23-11-14-10-16(20-24-14)12-5-3-2-4-6-12/h2-10H,11H2,1H3. The smallest absolute Gasteiger partial charge is 0.337 e. The molecule has 2 aromatic carbocycles. The molecule has 0 saturated carbocycles. The third-order valence-electron chi connectivity index (χ3n) is 3.35. The number of carbonyl (C=O) groups excluding carboxylic acids is 1. The van der Waals surface area contributed by atoms with Crippen LogP contribution in [-0.2, 0) is 11.3 Å². The lowest BCUT2D eigenvalue weighted by atomic mass is 10.1. The molecule has 122 valence electrons. The summed E-state index contributed by atoms with van der Waals surface area (Å²) in [4.78, 5) is 11.4. The van der Waals surface area contributed by atoms with E-state index in [1.54, 1.807) is 12.1 Å². The molecule has 0 fully saturated rings. The highest BCUT2D eigenvalue weighted by molar-refractivity contribution is 6.32. The van der Waals surface area contributed by atoms with Gasteiger partial charge in [-0.25, -0.2) is 4.79 Å². The van der Waals surface area contributed by atoms with Crippen LogP contribution in [0.3, 0.4) is 0 Å². The van der Waals surface area contributed by atoms with E-state index in [-0.39, 0.29) is 6.61 Å². The van der Waals surface area contributed by atoms with Crippen LogP contribution in [0.4, 0.5) is 0 Å². The van der Waals surface area contributed by atoms with Gasteiger partial charge in [0.2, 0.25) is 0 Å². The van der Waals surface area contributed by atoms with Crippen molar-refractivity contribution in [3.05, 3.63) is 70.9 Å². The molecule has 0 spiro atoms. The van der Waals surface area contributed by atoms with Crippen molar-refractivity contribution in [1.82, 2.24) is 5.16 Å². The number of esters is 1. The SMILES string of the molecule is COC(=O)c1ccc(OCc2cc(-c3ccccc3)no2)c(Cl)c1. The summed E-state index contributed by atoms with van der Waals surface area (Å²) in [5.74, 6) is 0.565. The second kappa shape index (κ2) is 7.19. The van der Waals surface area contributed by atoms with Gasteiger partial charge in [-0.15, -0.1) is 0 Å². The Balaban J connectivity index is 1.68. The molecule has 0 atom stereocenters. The Morgan fingerprint density at radius 1 is 1.17 bits per heavy atom. The van der Waals surface area contributed by atoms with Crippen LogP contribution >= 0.6 is 11.6 Å². The van der Waals surface area contributed by atoms with E-state index in [0.717, 1.165) is 11.3 Å². The number of ether oxygens (including phenoxy) is 2. The fraction of sp³-hybridized carbons (Fsp3) is 0.111. The number of benzene rings is 2. The average molecular weight is 344 g/mol. The highest BCUT2D eigenvalue weighted by Gasteiger charge is 2.11. The van der Waals surface area contributed by atoms with Gasteiger partial charge in [0, 0.05) is 11.6 Å². The number of halogens is 1. The number of hydrogen-bond acceptors (Lipinski definition) is 5. The van der Waals surface area contributed by atoms with E-state index >= 15 is 0 Å². The van der Waals surface area contributed by atoms with Gasteiger partial charge in [0.1, 0.15) is 18.1 Å². The number of methoxy groups -OCH3 is 1. The van der Waals surface area contributed by atoms with Crippen LogP contribution in [0.25, 0.3) is 11.3 Å². The average Bonchev–Trinajstić information content (AvgIpc) is 3.09. The summed E-state index contributed by atoms with van der Waals surface area (Å²) in [5, 5.41) is 4.34. The van der Waals surface area contributed by atoms with Crippen LogP contribution in [0.2, 0.25) is 5.02 Å². The van der Waals surface area contributed by atoms with Crippen molar-refractivity contribution in [2.75, 3.05) is 7.11 Å². The van der Waals surface area contributed by atoms with Gasteiger partial charge in [-0.05, 0) is 18.2 Å². The number of hydrogen-bond donors (Lipinski definition) is 0. The summed E-state index contributed by atoms with van der Waals surface area (Å²) in [6.45, 7) is 0.178. The third-order valence-corrected chi connectivity index (χ3v) is 3.65. The van der Waals surface area contributed by atoms with Gasteiger partial charge in [0.05, 0.1) is 17.7 Å². The molecule has 0 aliphatic carbocycles. The van der Waals surface area contributed by atoms with E-state index in [1.165, 1.54) is 13.2 Å². The van der Waals surface area contributed by atoms with E-state index in [0.29, 0.717) is 22.1 Å². The number of carbonyl (C=O) groups is 1. The van der Waals surface area contributed by atoms with Gasteiger partial charge in [0.25, 0.3) is 0 Å². The molecule has 0 aliphatic rings. The third kappa shape index (κ3) is 3.58. The second-order valence-electron chi connectivity index (χ2n) is 4.97. The molecule has 0 N–H and O–H groups in total. The molecule has 3 rings (SSSR count). The molecule has 0 bridgehead atoms. The summed E-state index contributed by atoms with van der Waals surface area (Å²) in [7, 11) is 1.31. The first-order valence-electron chi connectivity index (χ1n) is 7.19. The van der Waals surface area contributed by atoms with E-state index in [9.17, 15) is 4.79 Å². The van der Waals surface area contributed by atoms with Gasteiger partial charge in [-0.2, -0.15) is 0 Å². The minimum atomic E-state index is -0.453. The minimum Gasteiger partial charge on any atom is -0.484 e. The van der Waals surface area contributed by atoms with Crippen LogP contribution in [0.5, 0.6) is 5.75 Å². The molecule has 0 aliphatic heterocycles. The lowest BCUT2D eigenvalue weighted by Gasteiger charge is -2.07. The Morgan fingerprint density at radius 2 is 1.96 bits per heavy atom. The van der Waals surface area contributed by atoms with Crippen molar-refractivity contribution in [3.8, 4) is 17.0 Å². The van der Waals surface area contributed by atoms with Gasteiger partial charge in [-0.1, -0.05) is 47.1 Å². The molecule has 5 nitrogen and oxygen atoms in total. The molecule has 1 aromatic heterocycles. The molecule has 0 amide bonds. The molecule has 0 saturated heterocycles. The summed E-state index contributed by atoms with van der Waals surface area (Å²) < 4.78 is 15.5. The highest BCUT2D eigenvalue weighted by atomic mass is 35.5. The predicted molar refractivity (Wildman–Crippen MR) is 89.1 cm³/mol. The lowest BCUT2D eigenvalue weighted by Crippen LogP contribution is -2.01. The molecule has 0 unspecified atom stereocenters. The van der Waals surface area contributed by atoms with E-state index in [2.05, 4.69) is 9.89 Å². The first kappa shape index (κ1) is 16.1. The van der Waals surface area contributed by atoms with E-state index in [4.69, 9.17) is 20.9 Å². The van der Waals surface area contributed by atoms with Gasteiger partial charge >= 0.3 is 5.97 Å². The van der Waals surface area contributed by atoms with Crippen molar-refractivity contribution in [1.29, 1.82) is 0 Å². The van der Waals surface area contributed by atoms with Crippen LogP contribution in [-0.4, -0.2) is 18.2 Å². The Morgan fingerprint density at radius 3 is 2.67 bits per heavy atom. The fourth-order valence-electron chi connectivity index (χ4n) is 2.14. The zero-order chi connectivity index (χ0) is 16.9. The Labute approximate surface area is 143 Å². The first-order chi connectivity index (χ1) is 11.7. The predicted octanol–water partition coefficient (Wildman–Crippen LogP) is 4.36. The maximum atomic E-state index is 11.4. The zero-order valence-electron chi connectivity index (χ0n) is 12.9. The molecule has 1 heterocycles. The maximum absolute atomic E-state index is 11.4. The summed E-state index contributed by atoms with van der Waals surface area (Å²) in [6.07, 6.45) is 0. The summed E-state index contributed by atoms with van der Waals surface area (Å²) in [5.41, 5.74) is 2.06. The van der Waals surface area contributed by atoms with E-state index < -0.39 is 5.97 Å². The topological polar surface area (TPSA) is 61.6 Å².